The first kappa shape index (κ1) is 18.3. The molecule has 2 amide bonds. The van der Waals surface area contributed by atoms with E-state index in [1.54, 1.807) is 19.2 Å². The molecule has 0 spiro atoms. The number of aromatic nitrogens is 1. The lowest BCUT2D eigenvalue weighted by Gasteiger charge is -2.20. The SMILES string of the molecule is Cc1ccc(S(N)(=O)=O)cc1NC(=O)N[C@@H](c1ncccc1C)C1CC1. The third-order valence-corrected chi connectivity index (χ3v) is 5.42. The zero-order valence-corrected chi connectivity index (χ0v) is 15.5. The molecule has 1 aliphatic carbocycles. The Morgan fingerprint density at radius 1 is 1.23 bits per heavy atom. The maximum atomic E-state index is 12.5. The zero-order valence-electron chi connectivity index (χ0n) is 14.7. The van der Waals surface area contributed by atoms with Gasteiger partial charge in [0, 0.05) is 11.9 Å². The molecular formula is C18H22N4O3S. The summed E-state index contributed by atoms with van der Waals surface area (Å²) in [7, 11) is -3.83. The molecular weight excluding hydrogens is 352 g/mol. The van der Waals surface area contributed by atoms with E-state index in [4.69, 9.17) is 5.14 Å². The van der Waals surface area contributed by atoms with E-state index in [0.29, 0.717) is 11.6 Å². The van der Waals surface area contributed by atoms with Gasteiger partial charge in [-0.25, -0.2) is 18.4 Å². The Bertz CT molecular complexity index is 939. The second-order valence-corrected chi connectivity index (χ2v) is 8.20. The molecule has 26 heavy (non-hydrogen) atoms. The Morgan fingerprint density at radius 2 is 1.96 bits per heavy atom. The minimum atomic E-state index is -3.83. The molecule has 0 bridgehead atoms. The molecule has 0 radical (unpaired) electrons. The molecule has 1 fully saturated rings. The number of primary sulfonamides is 1. The van der Waals surface area contributed by atoms with Crippen molar-refractivity contribution in [3.63, 3.8) is 0 Å². The van der Waals surface area contributed by atoms with E-state index in [1.165, 1.54) is 12.1 Å². The summed E-state index contributed by atoms with van der Waals surface area (Å²) >= 11 is 0. The predicted octanol–water partition coefficient (Wildman–Crippen LogP) is 2.62. The van der Waals surface area contributed by atoms with Gasteiger partial charge in [0.05, 0.1) is 16.6 Å². The van der Waals surface area contributed by atoms with Crippen molar-refractivity contribution in [2.24, 2.45) is 11.1 Å². The third kappa shape index (κ3) is 4.20. The lowest BCUT2D eigenvalue weighted by molar-refractivity contribution is 0.246. The number of sulfonamides is 1. The number of amides is 2. The van der Waals surface area contributed by atoms with E-state index in [0.717, 1.165) is 29.7 Å². The number of urea groups is 1. The van der Waals surface area contributed by atoms with Crippen molar-refractivity contribution in [3.8, 4) is 0 Å². The Morgan fingerprint density at radius 3 is 2.58 bits per heavy atom. The fourth-order valence-corrected chi connectivity index (χ4v) is 3.41. The van der Waals surface area contributed by atoms with Gasteiger partial charge in [-0.2, -0.15) is 0 Å². The highest BCUT2D eigenvalue weighted by Gasteiger charge is 2.35. The highest BCUT2D eigenvalue weighted by Crippen LogP contribution is 2.41. The summed E-state index contributed by atoms with van der Waals surface area (Å²) in [5.41, 5.74) is 3.03. The number of rotatable bonds is 5. The van der Waals surface area contributed by atoms with Crippen molar-refractivity contribution in [2.75, 3.05) is 5.32 Å². The lowest BCUT2D eigenvalue weighted by Crippen LogP contribution is -2.34. The summed E-state index contributed by atoms with van der Waals surface area (Å²) in [5.74, 6) is 0.367. The number of pyridine rings is 1. The average Bonchev–Trinajstić information content (AvgIpc) is 3.39. The van der Waals surface area contributed by atoms with Crippen LogP contribution in [-0.2, 0) is 10.0 Å². The maximum absolute atomic E-state index is 12.5. The highest BCUT2D eigenvalue weighted by molar-refractivity contribution is 7.89. The van der Waals surface area contributed by atoms with Crippen LogP contribution in [-0.4, -0.2) is 19.4 Å². The molecule has 8 heteroatoms. The van der Waals surface area contributed by atoms with Crippen molar-refractivity contribution in [1.82, 2.24) is 10.3 Å². The van der Waals surface area contributed by atoms with Crippen molar-refractivity contribution in [1.29, 1.82) is 0 Å². The molecule has 0 unspecified atom stereocenters. The Kier molecular flexibility index (Phi) is 4.97. The topological polar surface area (TPSA) is 114 Å². The van der Waals surface area contributed by atoms with Crippen LogP contribution in [0.1, 0.15) is 35.7 Å². The Hall–Kier alpha value is -2.45. The summed E-state index contributed by atoms with van der Waals surface area (Å²) in [5, 5.41) is 10.9. The number of nitrogens with one attached hydrogen (secondary N) is 2. The van der Waals surface area contributed by atoms with Gasteiger partial charge in [-0.05, 0) is 61.9 Å². The fraction of sp³-hybridized carbons (Fsp3) is 0.333. The van der Waals surface area contributed by atoms with Crippen LogP contribution in [0.5, 0.6) is 0 Å². The van der Waals surface area contributed by atoms with Gasteiger partial charge in [-0.1, -0.05) is 12.1 Å². The first-order valence-electron chi connectivity index (χ1n) is 8.38. The largest absolute Gasteiger partial charge is 0.329 e. The van der Waals surface area contributed by atoms with Crippen molar-refractivity contribution >= 4 is 21.7 Å². The van der Waals surface area contributed by atoms with Gasteiger partial charge in [0.1, 0.15) is 0 Å². The molecule has 1 aromatic heterocycles. The third-order valence-electron chi connectivity index (χ3n) is 4.51. The summed E-state index contributed by atoms with van der Waals surface area (Å²) < 4.78 is 23.0. The summed E-state index contributed by atoms with van der Waals surface area (Å²) in [4.78, 5) is 16.9. The molecule has 1 saturated carbocycles. The number of nitrogens with two attached hydrogens (primary N) is 1. The van der Waals surface area contributed by atoms with E-state index in [2.05, 4.69) is 15.6 Å². The first-order valence-corrected chi connectivity index (χ1v) is 9.93. The van der Waals surface area contributed by atoms with Crippen LogP contribution in [0.25, 0.3) is 0 Å². The Balaban J connectivity index is 1.79. The normalized spacial score (nSPS) is 15.3. The van der Waals surface area contributed by atoms with E-state index in [-0.39, 0.29) is 10.9 Å². The molecule has 7 nitrogen and oxygen atoms in total. The summed E-state index contributed by atoms with van der Waals surface area (Å²) in [6, 6.07) is 7.65. The monoisotopic (exact) mass is 374 g/mol. The molecule has 1 aromatic carbocycles. The fourth-order valence-electron chi connectivity index (χ4n) is 2.87. The number of carbonyl (C=O) groups excluding carboxylic acids is 1. The predicted molar refractivity (Wildman–Crippen MR) is 99.1 cm³/mol. The number of nitrogens with zero attached hydrogens (tertiary/aromatic N) is 1. The average molecular weight is 374 g/mol. The van der Waals surface area contributed by atoms with Crippen molar-refractivity contribution in [2.45, 2.75) is 37.6 Å². The first-order chi connectivity index (χ1) is 12.3. The number of hydrogen-bond donors (Lipinski definition) is 3. The van der Waals surface area contributed by atoms with E-state index >= 15 is 0 Å². The molecule has 2 aromatic rings. The molecule has 1 atom stereocenters. The van der Waals surface area contributed by atoms with Crippen molar-refractivity contribution < 1.29 is 13.2 Å². The maximum Gasteiger partial charge on any atom is 0.319 e. The molecule has 3 rings (SSSR count). The van der Waals surface area contributed by atoms with Gasteiger partial charge in [0.2, 0.25) is 10.0 Å². The van der Waals surface area contributed by atoms with Crippen LogP contribution in [0.3, 0.4) is 0 Å². The number of carbonyl (C=O) groups is 1. The van der Waals surface area contributed by atoms with E-state index in [1.807, 2.05) is 19.1 Å². The molecule has 0 aliphatic heterocycles. The molecule has 4 N–H and O–H groups in total. The van der Waals surface area contributed by atoms with Gasteiger partial charge >= 0.3 is 6.03 Å². The summed E-state index contributed by atoms with van der Waals surface area (Å²) in [6.45, 7) is 3.75. The lowest BCUT2D eigenvalue weighted by atomic mass is 10.0. The highest BCUT2D eigenvalue weighted by atomic mass is 32.2. The van der Waals surface area contributed by atoms with E-state index < -0.39 is 16.1 Å². The second-order valence-electron chi connectivity index (χ2n) is 6.64. The molecule has 138 valence electrons. The van der Waals surface area contributed by atoms with Crippen molar-refractivity contribution in [3.05, 3.63) is 53.3 Å². The number of hydrogen-bond acceptors (Lipinski definition) is 4. The number of aryl methyl sites for hydroxylation is 2. The van der Waals surface area contributed by atoms with E-state index in [9.17, 15) is 13.2 Å². The van der Waals surface area contributed by atoms with Gasteiger partial charge in [-0.15, -0.1) is 0 Å². The molecule has 0 saturated heterocycles. The number of anilines is 1. The molecule has 1 heterocycles. The van der Waals surface area contributed by atoms with Crippen LogP contribution in [0.4, 0.5) is 10.5 Å². The van der Waals surface area contributed by atoms with Crippen LogP contribution < -0.4 is 15.8 Å². The van der Waals surface area contributed by atoms with Gasteiger partial charge in [0.25, 0.3) is 0 Å². The zero-order chi connectivity index (χ0) is 18.9. The molecule has 1 aliphatic rings. The van der Waals surface area contributed by atoms with Crippen LogP contribution >= 0.6 is 0 Å². The smallest absolute Gasteiger partial charge is 0.319 e. The van der Waals surface area contributed by atoms with Gasteiger partial charge in [-0.3, -0.25) is 4.98 Å². The minimum Gasteiger partial charge on any atom is -0.329 e. The number of benzene rings is 1. The van der Waals surface area contributed by atoms with Crippen LogP contribution in [0.15, 0.2) is 41.4 Å². The minimum absolute atomic E-state index is 0.0438. The standard InChI is InChI=1S/C18H22N4O3S/c1-11-5-8-14(26(19,24)25)10-15(11)21-18(23)22-17(13-6-7-13)16-12(2)4-3-9-20-16/h3-5,8-10,13,17H,6-7H2,1-2H3,(H2,19,24,25)(H2,21,22,23)/t17-/m1/s1. The quantitative estimate of drug-likeness (QED) is 0.746. The van der Waals surface area contributed by atoms with Gasteiger partial charge in [0.15, 0.2) is 0 Å². The second kappa shape index (κ2) is 7.05. The Labute approximate surface area is 153 Å². The van der Waals surface area contributed by atoms with Crippen LogP contribution in [0.2, 0.25) is 0 Å². The van der Waals surface area contributed by atoms with Gasteiger partial charge < -0.3 is 10.6 Å². The van der Waals surface area contributed by atoms with Crippen LogP contribution in [0, 0.1) is 19.8 Å². The summed E-state index contributed by atoms with van der Waals surface area (Å²) in [6.07, 6.45) is 3.80.